The SMILES string of the molecule is CC[CH]C(=O)O[Si](CCCC)(c1ccccc1)c1ccccc1. The molecule has 0 atom stereocenters. The topological polar surface area (TPSA) is 26.3 Å². The van der Waals surface area contributed by atoms with E-state index in [9.17, 15) is 4.79 Å². The fourth-order valence-corrected chi connectivity index (χ4v) is 6.83. The summed E-state index contributed by atoms with van der Waals surface area (Å²) in [4.78, 5) is 12.3. The van der Waals surface area contributed by atoms with Crippen molar-refractivity contribution in [3.63, 3.8) is 0 Å². The van der Waals surface area contributed by atoms with Gasteiger partial charge in [0.2, 0.25) is 0 Å². The first-order chi connectivity index (χ1) is 11.2. The second-order valence-corrected chi connectivity index (χ2v) is 9.21. The number of carbonyl (C=O) groups excluding carboxylic acids is 1. The molecule has 2 nitrogen and oxygen atoms in total. The van der Waals surface area contributed by atoms with E-state index in [4.69, 9.17) is 4.43 Å². The minimum Gasteiger partial charge on any atom is -0.510 e. The Morgan fingerprint density at radius 1 is 0.957 bits per heavy atom. The highest BCUT2D eigenvalue weighted by Crippen LogP contribution is 2.18. The molecule has 2 aromatic rings. The molecule has 0 heterocycles. The molecule has 0 bridgehead atoms. The van der Waals surface area contributed by atoms with Gasteiger partial charge in [-0.1, -0.05) is 87.4 Å². The van der Waals surface area contributed by atoms with Gasteiger partial charge in [0.1, 0.15) is 0 Å². The first kappa shape index (κ1) is 17.5. The third kappa shape index (κ3) is 4.32. The smallest absolute Gasteiger partial charge is 0.318 e. The van der Waals surface area contributed by atoms with Gasteiger partial charge >= 0.3 is 8.32 Å². The largest absolute Gasteiger partial charge is 0.510 e. The van der Waals surface area contributed by atoms with Crippen molar-refractivity contribution < 1.29 is 9.22 Å². The van der Waals surface area contributed by atoms with E-state index < -0.39 is 8.32 Å². The quantitative estimate of drug-likeness (QED) is 0.692. The van der Waals surface area contributed by atoms with E-state index in [1.807, 2.05) is 43.3 Å². The molecule has 23 heavy (non-hydrogen) atoms. The minimum atomic E-state index is -2.55. The highest BCUT2D eigenvalue weighted by Gasteiger charge is 2.42. The summed E-state index contributed by atoms with van der Waals surface area (Å²) in [5.41, 5.74) is 0. The standard InChI is InChI=1S/C20H25O2Si/c1-3-5-17-23(22-20(21)12-4-2,18-13-8-6-9-14-18)19-15-10-7-11-16-19/h6-16H,3-5,17H2,1-2H3. The summed E-state index contributed by atoms with van der Waals surface area (Å²) in [5, 5.41) is 2.33. The summed E-state index contributed by atoms with van der Waals surface area (Å²) in [6, 6.07) is 21.5. The molecule has 2 aromatic carbocycles. The Hall–Kier alpha value is -1.87. The zero-order chi connectivity index (χ0) is 16.5. The third-order valence-corrected chi connectivity index (χ3v) is 8.15. The third-order valence-electron chi connectivity index (χ3n) is 4.01. The van der Waals surface area contributed by atoms with Gasteiger partial charge in [-0.3, -0.25) is 4.79 Å². The lowest BCUT2D eigenvalue weighted by atomic mass is 10.3. The van der Waals surface area contributed by atoms with E-state index in [2.05, 4.69) is 31.2 Å². The van der Waals surface area contributed by atoms with Gasteiger partial charge < -0.3 is 4.43 Å². The van der Waals surface area contributed by atoms with Crippen molar-refractivity contribution in [2.45, 2.75) is 39.2 Å². The Balaban J connectivity index is 2.51. The van der Waals surface area contributed by atoms with Crippen LogP contribution >= 0.6 is 0 Å². The van der Waals surface area contributed by atoms with E-state index in [1.54, 1.807) is 6.42 Å². The van der Waals surface area contributed by atoms with E-state index in [0.717, 1.165) is 29.3 Å². The Kier molecular flexibility index (Phi) is 6.60. The second kappa shape index (κ2) is 8.68. The maximum atomic E-state index is 12.3. The van der Waals surface area contributed by atoms with Crippen LogP contribution in [0.5, 0.6) is 0 Å². The summed E-state index contributed by atoms with van der Waals surface area (Å²) in [5.74, 6) is -0.192. The van der Waals surface area contributed by atoms with Crippen LogP contribution in [0.2, 0.25) is 6.04 Å². The van der Waals surface area contributed by atoms with Crippen LogP contribution < -0.4 is 10.4 Å². The molecule has 0 aliphatic rings. The number of rotatable bonds is 8. The van der Waals surface area contributed by atoms with Crippen molar-refractivity contribution in [2.75, 3.05) is 0 Å². The fourth-order valence-electron chi connectivity index (χ4n) is 2.84. The summed E-state index contributed by atoms with van der Waals surface area (Å²) in [6.07, 6.45) is 4.47. The predicted octanol–water partition coefficient (Wildman–Crippen LogP) is 3.70. The normalized spacial score (nSPS) is 11.2. The zero-order valence-corrected chi connectivity index (χ0v) is 15.0. The Morgan fingerprint density at radius 2 is 1.48 bits per heavy atom. The van der Waals surface area contributed by atoms with Crippen LogP contribution in [0.4, 0.5) is 0 Å². The maximum Gasteiger partial charge on any atom is 0.318 e. The van der Waals surface area contributed by atoms with Gasteiger partial charge in [0.15, 0.2) is 0 Å². The molecule has 0 saturated heterocycles. The lowest BCUT2D eigenvalue weighted by Crippen LogP contribution is -2.61. The first-order valence-electron chi connectivity index (χ1n) is 8.40. The Morgan fingerprint density at radius 3 is 1.91 bits per heavy atom. The average molecular weight is 326 g/mol. The van der Waals surface area contributed by atoms with Crippen LogP contribution in [-0.2, 0) is 9.22 Å². The number of unbranched alkanes of at least 4 members (excludes halogenated alkanes) is 1. The molecule has 121 valence electrons. The molecule has 0 aromatic heterocycles. The molecular weight excluding hydrogens is 300 g/mol. The van der Waals surface area contributed by atoms with Gasteiger partial charge in [0.25, 0.3) is 5.97 Å². The summed E-state index contributed by atoms with van der Waals surface area (Å²) < 4.78 is 6.20. The highest BCUT2D eigenvalue weighted by molar-refractivity contribution is 6.98. The molecule has 0 amide bonds. The van der Waals surface area contributed by atoms with Crippen LogP contribution in [-0.4, -0.2) is 14.3 Å². The van der Waals surface area contributed by atoms with Gasteiger partial charge in [-0.05, 0) is 22.8 Å². The van der Waals surface area contributed by atoms with Crippen LogP contribution in [0.3, 0.4) is 0 Å². The van der Waals surface area contributed by atoms with E-state index >= 15 is 0 Å². The van der Waals surface area contributed by atoms with Crippen LogP contribution in [0.1, 0.15) is 33.1 Å². The van der Waals surface area contributed by atoms with Crippen molar-refractivity contribution in [3.05, 3.63) is 67.1 Å². The van der Waals surface area contributed by atoms with Gasteiger partial charge in [-0.2, -0.15) is 0 Å². The van der Waals surface area contributed by atoms with Gasteiger partial charge in [0.05, 0.1) is 6.42 Å². The van der Waals surface area contributed by atoms with E-state index in [-0.39, 0.29) is 5.97 Å². The molecule has 2 rings (SSSR count). The molecule has 0 spiro atoms. The summed E-state index contributed by atoms with van der Waals surface area (Å²) >= 11 is 0. The molecule has 0 fully saturated rings. The van der Waals surface area contributed by atoms with Crippen molar-refractivity contribution in [3.8, 4) is 0 Å². The number of carbonyl (C=O) groups is 1. The summed E-state index contributed by atoms with van der Waals surface area (Å²) in [7, 11) is -2.55. The number of hydrogen-bond donors (Lipinski definition) is 0. The molecule has 1 radical (unpaired) electrons. The van der Waals surface area contributed by atoms with Crippen molar-refractivity contribution in [1.29, 1.82) is 0 Å². The lowest BCUT2D eigenvalue weighted by Gasteiger charge is -2.32. The molecule has 0 aliphatic carbocycles. The molecule has 0 unspecified atom stereocenters. The highest BCUT2D eigenvalue weighted by atomic mass is 28.4. The van der Waals surface area contributed by atoms with E-state index in [0.29, 0.717) is 6.42 Å². The zero-order valence-electron chi connectivity index (χ0n) is 14.0. The summed E-state index contributed by atoms with van der Waals surface area (Å²) in [6.45, 7) is 4.14. The van der Waals surface area contributed by atoms with Crippen molar-refractivity contribution >= 4 is 24.7 Å². The van der Waals surface area contributed by atoms with Crippen LogP contribution in [0.25, 0.3) is 0 Å². The van der Waals surface area contributed by atoms with E-state index in [1.165, 1.54) is 0 Å². The average Bonchev–Trinajstić information content (AvgIpc) is 2.60. The predicted molar refractivity (Wildman–Crippen MR) is 98.3 cm³/mol. The maximum absolute atomic E-state index is 12.3. The first-order valence-corrected chi connectivity index (χ1v) is 10.5. The van der Waals surface area contributed by atoms with Crippen LogP contribution in [0.15, 0.2) is 60.7 Å². The van der Waals surface area contributed by atoms with Gasteiger partial charge in [0, 0.05) is 0 Å². The van der Waals surface area contributed by atoms with Gasteiger partial charge in [-0.25, -0.2) is 0 Å². The molecule has 0 N–H and O–H groups in total. The Bertz CT molecular complexity index is 556. The van der Waals surface area contributed by atoms with Crippen molar-refractivity contribution in [1.82, 2.24) is 0 Å². The molecule has 3 heteroatoms. The van der Waals surface area contributed by atoms with Gasteiger partial charge in [-0.15, -0.1) is 0 Å². The molecular formula is C20H25O2Si. The van der Waals surface area contributed by atoms with Crippen LogP contribution in [0, 0.1) is 6.42 Å². The molecule has 0 saturated carbocycles. The minimum absolute atomic E-state index is 0.192. The second-order valence-electron chi connectivity index (χ2n) is 5.70. The molecule has 0 aliphatic heterocycles. The monoisotopic (exact) mass is 325 g/mol. The lowest BCUT2D eigenvalue weighted by molar-refractivity contribution is -0.131. The number of benzene rings is 2. The van der Waals surface area contributed by atoms with Crippen molar-refractivity contribution in [2.24, 2.45) is 0 Å². The number of hydrogen-bond acceptors (Lipinski definition) is 2. The fraction of sp³-hybridized carbons (Fsp3) is 0.300. The Labute approximate surface area is 140 Å².